The number of thiophene rings is 1. The zero-order valence-corrected chi connectivity index (χ0v) is 15.7. The molecule has 27 heavy (non-hydrogen) atoms. The van der Waals surface area contributed by atoms with Crippen LogP contribution in [0.25, 0.3) is 38.0 Å². The van der Waals surface area contributed by atoms with Gasteiger partial charge in [-0.05, 0) is 29.8 Å². The van der Waals surface area contributed by atoms with Crippen LogP contribution in [0.3, 0.4) is 0 Å². The Bertz CT molecular complexity index is 1330. The van der Waals surface area contributed by atoms with Crippen molar-refractivity contribution < 1.29 is 0 Å². The van der Waals surface area contributed by atoms with E-state index in [0.29, 0.717) is 0 Å². The summed E-state index contributed by atoms with van der Waals surface area (Å²) in [4.78, 5) is 14.5. The lowest BCUT2D eigenvalue weighted by atomic mass is 10.0. The van der Waals surface area contributed by atoms with Crippen LogP contribution in [0.4, 0.5) is 0 Å². The third kappa shape index (κ3) is 2.23. The second-order valence-electron chi connectivity index (χ2n) is 7.15. The molecule has 0 radical (unpaired) electrons. The number of hydrogen-bond donors (Lipinski definition) is 0. The van der Waals surface area contributed by atoms with E-state index in [-0.39, 0.29) is 0 Å². The van der Waals surface area contributed by atoms with Gasteiger partial charge in [-0.25, -0.2) is 14.5 Å². The molecule has 6 rings (SSSR count). The highest BCUT2D eigenvalue weighted by molar-refractivity contribution is 7.19. The van der Waals surface area contributed by atoms with Gasteiger partial charge in [0, 0.05) is 23.5 Å². The molecule has 0 N–H and O–H groups in total. The Morgan fingerprint density at radius 2 is 1.96 bits per heavy atom. The van der Waals surface area contributed by atoms with E-state index in [2.05, 4.69) is 59.4 Å². The van der Waals surface area contributed by atoms with Crippen LogP contribution in [0.2, 0.25) is 0 Å². The molecule has 5 nitrogen and oxygen atoms in total. The summed E-state index contributed by atoms with van der Waals surface area (Å²) < 4.78 is 1.84. The standard InChI is InChI=1S/C21H17N5S/c1-25-10-9-16-17(11-25)27-21-18(16)20-23-19(24-26(20)12-22-21)15-8-4-6-13-5-2-3-7-14(13)15/h2-8,12H,9-11H2,1H3. The molecule has 0 amide bonds. The molecular formula is C21H17N5S. The van der Waals surface area contributed by atoms with Crippen molar-refractivity contribution in [1.29, 1.82) is 0 Å². The molecule has 1 aliphatic rings. The predicted molar refractivity (Wildman–Crippen MR) is 109 cm³/mol. The fraction of sp³-hybridized carbons (Fsp3) is 0.190. The van der Waals surface area contributed by atoms with Crippen LogP contribution in [-0.4, -0.2) is 38.1 Å². The first-order chi connectivity index (χ1) is 13.3. The Balaban J connectivity index is 1.63. The molecule has 0 fully saturated rings. The maximum atomic E-state index is 4.97. The summed E-state index contributed by atoms with van der Waals surface area (Å²) >= 11 is 1.79. The van der Waals surface area contributed by atoms with Crippen molar-refractivity contribution in [3.63, 3.8) is 0 Å². The summed E-state index contributed by atoms with van der Waals surface area (Å²) in [7, 11) is 2.17. The van der Waals surface area contributed by atoms with E-state index in [1.807, 2.05) is 4.52 Å². The number of hydrogen-bond acceptors (Lipinski definition) is 5. The summed E-state index contributed by atoms with van der Waals surface area (Å²) in [6.07, 6.45) is 2.84. The molecule has 4 heterocycles. The smallest absolute Gasteiger partial charge is 0.182 e. The average Bonchev–Trinajstić information content (AvgIpc) is 3.27. The van der Waals surface area contributed by atoms with Crippen LogP contribution in [0, 0.1) is 0 Å². The van der Waals surface area contributed by atoms with Crippen molar-refractivity contribution in [2.45, 2.75) is 13.0 Å². The van der Waals surface area contributed by atoms with Crippen molar-refractivity contribution in [1.82, 2.24) is 24.5 Å². The van der Waals surface area contributed by atoms with Gasteiger partial charge in [0.05, 0.1) is 5.39 Å². The highest BCUT2D eigenvalue weighted by Crippen LogP contribution is 2.36. The normalized spacial score (nSPS) is 15.0. The first-order valence-electron chi connectivity index (χ1n) is 9.10. The van der Waals surface area contributed by atoms with Gasteiger partial charge >= 0.3 is 0 Å². The number of fused-ring (bicyclic) bond motifs is 6. The monoisotopic (exact) mass is 371 g/mol. The Hall–Kier alpha value is -2.83. The first-order valence-corrected chi connectivity index (χ1v) is 9.92. The third-order valence-electron chi connectivity index (χ3n) is 5.40. The third-order valence-corrected chi connectivity index (χ3v) is 6.52. The SMILES string of the molecule is CN1CCc2c(sc3ncn4nc(-c5cccc6ccccc56)nc4c23)C1. The highest BCUT2D eigenvalue weighted by Gasteiger charge is 2.23. The van der Waals surface area contributed by atoms with E-state index in [1.54, 1.807) is 17.7 Å². The first kappa shape index (κ1) is 15.2. The van der Waals surface area contributed by atoms with Gasteiger partial charge < -0.3 is 4.90 Å². The molecule has 1 aliphatic heterocycles. The predicted octanol–water partition coefficient (Wildman–Crippen LogP) is 4.15. The quantitative estimate of drug-likeness (QED) is 0.444. The molecule has 5 aromatic rings. The maximum Gasteiger partial charge on any atom is 0.182 e. The lowest BCUT2D eigenvalue weighted by Gasteiger charge is -2.21. The fourth-order valence-corrected chi connectivity index (χ4v) is 5.32. The lowest BCUT2D eigenvalue weighted by Crippen LogP contribution is -2.25. The van der Waals surface area contributed by atoms with E-state index in [9.17, 15) is 0 Å². The Labute approximate surface area is 159 Å². The summed E-state index contributed by atoms with van der Waals surface area (Å²) in [6.45, 7) is 2.07. The number of benzene rings is 2. The number of nitrogens with zero attached hydrogens (tertiary/aromatic N) is 5. The molecule has 0 saturated carbocycles. The maximum absolute atomic E-state index is 4.97. The molecule has 0 bridgehead atoms. The minimum atomic E-state index is 0.758. The van der Waals surface area contributed by atoms with Crippen molar-refractivity contribution in [3.8, 4) is 11.4 Å². The molecule has 132 valence electrons. The molecule has 0 atom stereocenters. The van der Waals surface area contributed by atoms with Crippen molar-refractivity contribution in [2.24, 2.45) is 0 Å². The van der Waals surface area contributed by atoms with Crippen LogP contribution in [0.5, 0.6) is 0 Å². The molecule has 0 spiro atoms. The zero-order chi connectivity index (χ0) is 18.0. The van der Waals surface area contributed by atoms with Crippen molar-refractivity contribution >= 4 is 38.0 Å². The topological polar surface area (TPSA) is 46.3 Å². The van der Waals surface area contributed by atoms with Gasteiger partial charge in [0.15, 0.2) is 11.5 Å². The van der Waals surface area contributed by atoms with E-state index in [4.69, 9.17) is 10.1 Å². The van der Waals surface area contributed by atoms with Gasteiger partial charge in [0.25, 0.3) is 0 Å². The van der Waals surface area contributed by atoms with Crippen molar-refractivity contribution in [2.75, 3.05) is 13.6 Å². The zero-order valence-electron chi connectivity index (χ0n) is 14.9. The van der Waals surface area contributed by atoms with E-state index in [0.717, 1.165) is 41.4 Å². The minimum Gasteiger partial charge on any atom is -0.301 e. The summed E-state index contributed by atoms with van der Waals surface area (Å²) in [5, 5.41) is 8.33. The van der Waals surface area contributed by atoms with Gasteiger partial charge in [-0.3, -0.25) is 0 Å². The summed E-state index contributed by atoms with van der Waals surface area (Å²) in [6, 6.07) is 14.7. The second-order valence-corrected chi connectivity index (χ2v) is 8.23. The molecule has 2 aromatic carbocycles. The molecule has 0 saturated heterocycles. The molecular weight excluding hydrogens is 354 g/mol. The minimum absolute atomic E-state index is 0.758. The van der Waals surface area contributed by atoms with Gasteiger partial charge in [0.1, 0.15) is 11.2 Å². The van der Waals surface area contributed by atoms with Crippen LogP contribution >= 0.6 is 11.3 Å². The van der Waals surface area contributed by atoms with Crippen LogP contribution in [-0.2, 0) is 13.0 Å². The second kappa shape index (κ2) is 5.58. The van der Waals surface area contributed by atoms with E-state index < -0.39 is 0 Å². The molecule has 0 unspecified atom stereocenters. The average molecular weight is 371 g/mol. The van der Waals surface area contributed by atoms with E-state index in [1.165, 1.54) is 26.6 Å². The highest BCUT2D eigenvalue weighted by atomic mass is 32.1. The van der Waals surface area contributed by atoms with Gasteiger partial charge in [-0.1, -0.05) is 42.5 Å². The number of likely N-dealkylation sites (N-methyl/N-ethyl adjacent to an activating group) is 1. The molecule has 3 aromatic heterocycles. The fourth-order valence-electron chi connectivity index (χ4n) is 4.05. The molecule has 6 heteroatoms. The Kier molecular flexibility index (Phi) is 3.15. The van der Waals surface area contributed by atoms with Crippen LogP contribution in [0.1, 0.15) is 10.4 Å². The summed E-state index contributed by atoms with van der Waals surface area (Å²) in [5.74, 6) is 0.758. The van der Waals surface area contributed by atoms with Crippen molar-refractivity contribution in [3.05, 3.63) is 59.2 Å². The largest absolute Gasteiger partial charge is 0.301 e. The summed E-state index contributed by atoms with van der Waals surface area (Å²) in [5.41, 5.74) is 3.39. The molecule has 0 aliphatic carbocycles. The van der Waals surface area contributed by atoms with Gasteiger partial charge in [-0.15, -0.1) is 16.4 Å². The van der Waals surface area contributed by atoms with Gasteiger partial charge in [0.2, 0.25) is 0 Å². The lowest BCUT2D eigenvalue weighted by molar-refractivity contribution is 0.318. The van der Waals surface area contributed by atoms with Crippen LogP contribution < -0.4 is 0 Å². The van der Waals surface area contributed by atoms with Gasteiger partial charge in [-0.2, -0.15) is 0 Å². The van der Waals surface area contributed by atoms with Crippen LogP contribution in [0.15, 0.2) is 48.8 Å². The van der Waals surface area contributed by atoms with E-state index >= 15 is 0 Å². The number of rotatable bonds is 1. The Morgan fingerprint density at radius 1 is 1.07 bits per heavy atom. The number of aromatic nitrogens is 4. The Morgan fingerprint density at radius 3 is 2.93 bits per heavy atom.